The third-order valence-electron chi connectivity index (χ3n) is 2.84. The van der Waals surface area contributed by atoms with Crippen LogP contribution in [-0.4, -0.2) is 21.9 Å². The third-order valence-corrected chi connectivity index (χ3v) is 3.17. The molecule has 0 unspecified atom stereocenters. The van der Waals surface area contributed by atoms with E-state index in [4.69, 9.17) is 16.7 Å². The number of benzene rings is 2. The number of nitrogens with zero attached hydrogens (tertiary/aromatic N) is 1. The van der Waals surface area contributed by atoms with Crippen LogP contribution in [0.2, 0.25) is 5.02 Å². The van der Waals surface area contributed by atoms with Crippen LogP contribution in [0.25, 0.3) is 0 Å². The van der Waals surface area contributed by atoms with Crippen molar-refractivity contribution in [3.05, 3.63) is 58.6 Å². The lowest BCUT2D eigenvalue weighted by Gasteiger charge is -2.06. The molecule has 5 nitrogen and oxygen atoms in total. The van der Waals surface area contributed by atoms with Crippen LogP contribution in [0, 0.1) is 0 Å². The largest absolute Gasteiger partial charge is 0.507 e. The quantitative estimate of drug-likeness (QED) is 0.595. The second-order valence-electron chi connectivity index (χ2n) is 4.33. The SMILES string of the molecule is C/C(=N/Nc1ccc(Cl)c(C(=O)O)c1)c1ccccc1O. The van der Waals surface area contributed by atoms with E-state index in [-0.39, 0.29) is 16.3 Å². The zero-order valence-electron chi connectivity index (χ0n) is 11.2. The molecule has 0 heterocycles. The summed E-state index contributed by atoms with van der Waals surface area (Å²) in [5.41, 5.74) is 4.40. The Labute approximate surface area is 126 Å². The number of aromatic carboxylic acids is 1. The molecule has 0 aromatic heterocycles. The highest BCUT2D eigenvalue weighted by atomic mass is 35.5. The highest BCUT2D eigenvalue weighted by Crippen LogP contribution is 2.21. The molecule has 0 amide bonds. The van der Waals surface area contributed by atoms with Gasteiger partial charge in [-0.3, -0.25) is 5.43 Å². The Hall–Kier alpha value is -2.53. The molecule has 0 fully saturated rings. The van der Waals surface area contributed by atoms with Gasteiger partial charge in [0.25, 0.3) is 0 Å². The minimum Gasteiger partial charge on any atom is -0.507 e. The smallest absolute Gasteiger partial charge is 0.337 e. The average Bonchev–Trinajstić information content (AvgIpc) is 2.46. The maximum absolute atomic E-state index is 11.0. The molecule has 0 aliphatic carbocycles. The van der Waals surface area contributed by atoms with E-state index < -0.39 is 5.97 Å². The van der Waals surface area contributed by atoms with Gasteiger partial charge in [0.2, 0.25) is 0 Å². The van der Waals surface area contributed by atoms with Gasteiger partial charge in [0.05, 0.1) is 22.0 Å². The summed E-state index contributed by atoms with van der Waals surface area (Å²) in [5.74, 6) is -0.979. The first kappa shape index (κ1) is 14.9. The number of phenols is 1. The summed E-state index contributed by atoms with van der Waals surface area (Å²) >= 11 is 5.79. The van der Waals surface area contributed by atoms with Gasteiger partial charge in [-0.1, -0.05) is 23.7 Å². The van der Waals surface area contributed by atoms with E-state index in [0.29, 0.717) is 17.0 Å². The fraction of sp³-hybridized carbons (Fsp3) is 0.0667. The summed E-state index contributed by atoms with van der Waals surface area (Å²) in [7, 11) is 0. The normalized spacial score (nSPS) is 11.2. The molecule has 0 radical (unpaired) electrons. The molecule has 0 saturated heterocycles. The van der Waals surface area contributed by atoms with Crippen LogP contribution in [-0.2, 0) is 0 Å². The fourth-order valence-corrected chi connectivity index (χ4v) is 1.95. The number of carboxylic acid groups (broad SMARTS) is 1. The molecule has 0 saturated carbocycles. The summed E-state index contributed by atoms with van der Waals surface area (Å²) in [6.07, 6.45) is 0. The van der Waals surface area contributed by atoms with Crippen LogP contribution < -0.4 is 5.43 Å². The Bertz CT molecular complexity index is 714. The van der Waals surface area contributed by atoms with Gasteiger partial charge < -0.3 is 10.2 Å². The van der Waals surface area contributed by atoms with E-state index in [1.165, 1.54) is 12.1 Å². The third kappa shape index (κ3) is 3.52. The molecule has 3 N–H and O–H groups in total. The van der Waals surface area contributed by atoms with Crippen molar-refractivity contribution < 1.29 is 15.0 Å². The predicted molar refractivity (Wildman–Crippen MR) is 82.4 cm³/mol. The summed E-state index contributed by atoms with van der Waals surface area (Å²) in [4.78, 5) is 11.0. The molecular weight excluding hydrogens is 292 g/mol. The van der Waals surface area contributed by atoms with Gasteiger partial charge in [-0.05, 0) is 37.3 Å². The average molecular weight is 305 g/mol. The van der Waals surface area contributed by atoms with Crippen molar-refractivity contribution >= 4 is 29.0 Å². The second kappa shape index (κ2) is 6.28. The van der Waals surface area contributed by atoms with E-state index >= 15 is 0 Å². The number of anilines is 1. The summed E-state index contributed by atoms with van der Waals surface area (Å²) < 4.78 is 0. The maximum atomic E-state index is 11.0. The van der Waals surface area contributed by atoms with Gasteiger partial charge in [0, 0.05) is 5.56 Å². The number of aromatic hydroxyl groups is 1. The van der Waals surface area contributed by atoms with Gasteiger partial charge in [-0.15, -0.1) is 0 Å². The first-order valence-electron chi connectivity index (χ1n) is 6.10. The fourth-order valence-electron chi connectivity index (χ4n) is 1.75. The van der Waals surface area contributed by atoms with Crippen LogP contribution in [0.1, 0.15) is 22.8 Å². The summed E-state index contributed by atoms with van der Waals surface area (Å²) in [6, 6.07) is 11.3. The van der Waals surface area contributed by atoms with E-state index in [1.807, 2.05) is 0 Å². The molecule has 0 aliphatic rings. The van der Waals surface area contributed by atoms with Crippen LogP contribution in [0.3, 0.4) is 0 Å². The lowest BCUT2D eigenvalue weighted by atomic mass is 10.1. The summed E-state index contributed by atoms with van der Waals surface area (Å²) in [6.45, 7) is 1.73. The number of halogens is 1. The van der Waals surface area contributed by atoms with Crippen molar-refractivity contribution in [1.82, 2.24) is 0 Å². The Morgan fingerprint density at radius 2 is 1.90 bits per heavy atom. The number of para-hydroxylation sites is 1. The van der Waals surface area contributed by atoms with Gasteiger partial charge >= 0.3 is 5.97 Å². The van der Waals surface area contributed by atoms with Gasteiger partial charge in [0.15, 0.2) is 0 Å². The lowest BCUT2D eigenvalue weighted by molar-refractivity contribution is 0.0697. The van der Waals surface area contributed by atoms with E-state index in [9.17, 15) is 9.90 Å². The first-order valence-corrected chi connectivity index (χ1v) is 6.48. The Balaban J connectivity index is 2.23. The first-order chi connectivity index (χ1) is 9.99. The van der Waals surface area contributed by atoms with Crippen molar-refractivity contribution in [3.8, 4) is 5.75 Å². The molecule has 0 spiro atoms. The topological polar surface area (TPSA) is 81.9 Å². The Morgan fingerprint density at radius 1 is 1.19 bits per heavy atom. The minimum absolute atomic E-state index is 0.00271. The Kier molecular flexibility index (Phi) is 4.45. The van der Waals surface area contributed by atoms with E-state index in [2.05, 4.69) is 10.5 Å². The number of hydrogen-bond acceptors (Lipinski definition) is 4. The number of carboxylic acids is 1. The molecule has 108 valence electrons. The van der Waals surface area contributed by atoms with Crippen molar-refractivity contribution in [2.24, 2.45) is 5.10 Å². The van der Waals surface area contributed by atoms with Crippen molar-refractivity contribution in [2.45, 2.75) is 6.92 Å². The number of rotatable bonds is 4. The zero-order chi connectivity index (χ0) is 15.4. The predicted octanol–water partition coefficient (Wildman–Crippen LogP) is 3.58. The van der Waals surface area contributed by atoms with Crippen LogP contribution in [0.5, 0.6) is 5.75 Å². The maximum Gasteiger partial charge on any atom is 0.337 e. The standard InChI is InChI=1S/C15H13ClN2O3/c1-9(11-4-2-3-5-14(11)19)17-18-10-6-7-13(16)12(8-10)15(20)21/h2-8,18-19H,1H3,(H,20,21)/b17-9-. The van der Waals surface area contributed by atoms with E-state index in [0.717, 1.165) is 0 Å². The van der Waals surface area contributed by atoms with Crippen molar-refractivity contribution in [2.75, 3.05) is 5.43 Å². The van der Waals surface area contributed by atoms with Crippen LogP contribution >= 0.6 is 11.6 Å². The van der Waals surface area contributed by atoms with Crippen LogP contribution in [0.4, 0.5) is 5.69 Å². The molecule has 2 aromatic rings. The molecule has 21 heavy (non-hydrogen) atoms. The molecule has 2 aromatic carbocycles. The lowest BCUT2D eigenvalue weighted by Crippen LogP contribution is -2.02. The molecule has 0 atom stereocenters. The minimum atomic E-state index is -1.11. The zero-order valence-corrected chi connectivity index (χ0v) is 11.9. The molecule has 0 bridgehead atoms. The van der Waals surface area contributed by atoms with E-state index in [1.54, 1.807) is 37.3 Å². The number of phenolic OH excluding ortho intramolecular Hbond substituents is 1. The van der Waals surface area contributed by atoms with Gasteiger partial charge in [0.1, 0.15) is 5.75 Å². The second-order valence-corrected chi connectivity index (χ2v) is 4.73. The number of hydrogen-bond donors (Lipinski definition) is 3. The molecule has 0 aliphatic heterocycles. The molecular formula is C15H13ClN2O3. The van der Waals surface area contributed by atoms with Crippen molar-refractivity contribution in [3.63, 3.8) is 0 Å². The number of hydrazone groups is 1. The number of nitrogens with one attached hydrogen (secondary N) is 1. The molecule has 6 heteroatoms. The highest BCUT2D eigenvalue weighted by Gasteiger charge is 2.09. The van der Waals surface area contributed by atoms with Crippen molar-refractivity contribution in [1.29, 1.82) is 0 Å². The van der Waals surface area contributed by atoms with Gasteiger partial charge in [-0.25, -0.2) is 4.79 Å². The Morgan fingerprint density at radius 3 is 2.57 bits per heavy atom. The number of carbonyl (C=O) groups is 1. The van der Waals surface area contributed by atoms with Gasteiger partial charge in [-0.2, -0.15) is 5.10 Å². The highest BCUT2D eigenvalue weighted by molar-refractivity contribution is 6.33. The molecule has 2 rings (SSSR count). The summed E-state index contributed by atoms with van der Waals surface area (Å²) in [5, 5.41) is 23.0. The monoisotopic (exact) mass is 304 g/mol. The van der Waals surface area contributed by atoms with Crippen LogP contribution in [0.15, 0.2) is 47.6 Å².